The summed E-state index contributed by atoms with van der Waals surface area (Å²) in [4.78, 5) is 14.4. The van der Waals surface area contributed by atoms with E-state index in [0.29, 0.717) is 11.1 Å². The number of rotatable bonds is 4. The monoisotopic (exact) mass is 213 g/mol. The molecule has 0 saturated carbocycles. The first kappa shape index (κ1) is 11.2. The third-order valence-electron chi connectivity index (χ3n) is 1.64. The maximum Gasteiger partial charge on any atom is 0.224 e. The molecule has 0 radical (unpaired) electrons. The fourth-order valence-electron chi connectivity index (χ4n) is 0.942. The summed E-state index contributed by atoms with van der Waals surface area (Å²) >= 11 is 1.48. The van der Waals surface area contributed by atoms with Crippen LogP contribution in [0.5, 0.6) is 0 Å². The minimum absolute atomic E-state index is 0.304. The van der Waals surface area contributed by atoms with E-state index in [2.05, 4.69) is 19.9 Å². The molecule has 0 aromatic carbocycles. The van der Waals surface area contributed by atoms with Crippen LogP contribution in [0.25, 0.3) is 0 Å². The molecule has 0 bridgehead atoms. The largest absolute Gasteiger partial charge is 0.368 e. The molecule has 0 amide bonds. The number of anilines is 1. The molecule has 0 unspecified atom stereocenters. The van der Waals surface area contributed by atoms with Gasteiger partial charge in [0.1, 0.15) is 5.82 Å². The standard InChI is InChI=1S/C8H15N5S/c1-13(2)5-4-6-10-7(9)12-8(11-6)14-3/h4-5H2,1-3H3,(H2,9,10,11,12). The minimum Gasteiger partial charge on any atom is -0.368 e. The molecule has 0 atom stereocenters. The smallest absolute Gasteiger partial charge is 0.224 e. The maximum atomic E-state index is 5.55. The Hall–Kier alpha value is -0.880. The summed E-state index contributed by atoms with van der Waals surface area (Å²) in [5, 5.41) is 0.686. The second-order valence-corrected chi connectivity index (χ2v) is 3.92. The van der Waals surface area contributed by atoms with Crippen molar-refractivity contribution in [3.05, 3.63) is 5.82 Å². The van der Waals surface area contributed by atoms with Gasteiger partial charge < -0.3 is 10.6 Å². The first-order valence-corrected chi connectivity index (χ1v) is 5.53. The van der Waals surface area contributed by atoms with Crippen LogP contribution in [0.15, 0.2) is 5.16 Å². The van der Waals surface area contributed by atoms with Gasteiger partial charge in [-0.1, -0.05) is 11.8 Å². The van der Waals surface area contributed by atoms with E-state index in [0.717, 1.165) is 18.8 Å². The van der Waals surface area contributed by atoms with Gasteiger partial charge in [-0.2, -0.15) is 9.97 Å². The number of nitrogen functional groups attached to an aromatic ring is 1. The molecule has 0 saturated heterocycles. The average Bonchev–Trinajstić information content (AvgIpc) is 2.14. The topological polar surface area (TPSA) is 67.9 Å². The van der Waals surface area contributed by atoms with E-state index in [1.54, 1.807) is 0 Å². The fraction of sp³-hybridized carbons (Fsp3) is 0.625. The van der Waals surface area contributed by atoms with Gasteiger partial charge in [0, 0.05) is 13.0 Å². The van der Waals surface area contributed by atoms with Crippen LogP contribution in [0.1, 0.15) is 5.82 Å². The summed E-state index contributed by atoms with van der Waals surface area (Å²) in [5.41, 5.74) is 5.55. The molecule has 1 aromatic rings. The van der Waals surface area contributed by atoms with E-state index >= 15 is 0 Å². The molecule has 0 aliphatic carbocycles. The van der Waals surface area contributed by atoms with Crippen LogP contribution in [0, 0.1) is 0 Å². The van der Waals surface area contributed by atoms with Gasteiger partial charge >= 0.3 is 0 Å². The minimum atomic E-state index is 0.304. The number of nitrogens with two attached hydrogens (primary N) is 1. The van der Waals surface area contributed by atoms with Crippen LogP contribution in [0.2, 0.25) is 0 Å². The second kappa shape index (κ2) is 5.11. The number of nitrogens with zero attached hydrogens (tertiary/aromatic N) is 4. The number of aromatic nitrogens is 3. The van der Waals surface area contributed by atoms with Crippen LogP contribution < -0.4 is 5.73 Å². The van der Waals surface area contributed by atoms with Gasteiger partial charge in [-0.25, -0.2) is 4.98 Å². The molecule has 1 heterocycles. The predicted octanol–water partition coefficient (Wildman–Crippen LogP) is 0.280. The lowest BCUT2D eigenvalue weighted by atomic mass is 10.4. The molecule has 0 aliphatic heterocycles. The van der Waals surface area contributed by atoms with Gasteiger partial charge in [0.15, 0.2) is 5.16 Å². The van der Waals surface area contributed by atoms with Crippen LogP contribution in [0.4, 0.5) is 5.95 Å². The zero-order chi connectivity index (χ0) is 10.6. The Balaban J connectivity index is 2.71. The van der Waals surface area contributed by atoms with E-state index in [1.165, 1.54) is 11.8 Å². The Morgan fingerprint density at radius 3 is 2.57 bits per heavy atom. The van der Waals surface area contributed by atoms with E-state index in [4.69, 9.17) is 5.73 Å². The SMILES string of the molecule is CSc1nc(N)nc(CCN(C)C)n1. The summed E-state index contributed by atoms with van der Waals surface area (Å²) < 4.78 is 0. The number of hydrogen-bond donors (Lipinski definition) is 1. The van der Waals surface area contributed by atoms with Crippen molar-refractivity contribution in [2.75, 3.05) is 32.6 Å². The summed E-state index contributed by atoms with van der Waals surface area (Å²) in [6, 6.07) is 0. The Bertz CT molecular complexity index is 302. The zero-order valence-corrected chi connectivity index (χ0v) is 9.51. The number of thioether (sulfide) groups is 1. The lowest BCUT2D eigenvalue weighted by Crippen LogP contribution is -2.17. The van der Waals surface area contributed by atoms with Crippen molar-refractivity contribution < 1.29 is 0 Å². The van der Waals surface area contributed by atoms with Crippen molar-refractivity contribution in [2.24, 2.45) is 0 Å². The Labute approximate surface area is 88.1 Å². The van der Waals surface area contributed by atoms with Crippen LogP contribution in [-0.4, -0.2) is 46.7 Å². The van der Waals surface area contributed by atoms with Gasteiger partial charge in [-0.05, 0) is 20.4 Å². The molecular weight excluding hydrogens is 198 g/mol. The van der Waals surface area contributed by atoms with E-state index in [1.807, 2.05) is 20.4 Å². The molecule has 0 spiro atoms. The Morgan fingerprint density at radius 1 is 1.29 bits per heavy atom. The second-order valence-electron chi connectivity index (χ2n) is 3.15. The fourth-order valence-corrected chi connectivity index (χ4v) is 1.32. The lowest BCUT2D eigenvalue weighted by Gasteiger charge is -2.08. The molecule has 1 rings (SSSR count). The van der Waals surface area contributed by atoms with Crippen LogP contribution >= 0.6 is 11.8 Å². The van der Waals surface area contributed by atoms with Crippen molar-refractivity contribution in [3.63, 3.8) is 0 Å². The lowest BCUT2D eigenvalue weighted by molar-refractivity contribution is 0.408. The Kier molecular flexibility index (Phi) is 4.09. The van der Waals surface area contributed by atoms with Gasteiger partial charge in [-0.15, -0.1) is 0 Å². The van der Waals surface area contributed by atoms with Crippen LogP contribution in [-0.2, 0) is 6.42 Å². The highest BCUT2D eigenvalue weighted by Gasteiger charge is 2.03. The summed E-state index contributed by atoms with van der Waals surface area (Å²) in [7, 11) is 4.03. The molecular formula is C8H15N5S. The van der Waals surface area contributed by atoms with Crippen molar-refractivity contribution >= 4 is 17.7 Å². The van der Waals surface area contributed by atoms with Crippen molar-refractivity contribution in [3.8, 4) is 0 Å². The first-order valence-electron chi connectivity index (χ1n) is 4.31. The normalized spacial score (nSPS) is 10.9. The van der Waals surface area contributed by atoms with E-state index < -0.39 is 0 Å². The molecule has 0 aliphatic rings. The zero-order valence-electron chi connectivity index (χ0n) is 8.69. The number of likely N-dealkylation sites (N-methyl/N-ethyl adjacent to an activating group) is 1. The summed E-state index contributed by atoms with van der Waals surface area (Å²) in [6.45, 7) is 0.914. The van der Waals surface area contributed by atoms with Crippen molar-refractivity contribution in [1.82, 2.24) is 19.9 Å². The molecule has 0 fully saturated rings. The van der Waals surface area contributed by atoms with Gasteiger partial charge in [0.05, 0.1) is 0 Å². The van der Waals surface area contributed by atoms with Gasteiger partial charge in [0.2, 0.25) is 5.95 Å². The first-order chi connectivity index (χ1) is 6.61. The van der Waals surface area contributed by atoms with Crippen molar-refractivity contribution in [1.29, 1.82) is 0 Å². The third kappa shape index (κ3) is 3.47. The average molecular weight is 213 g/mol. The van der Waals surface area contributed by atoms with Crippen LogP contribution in [0.3, 0.4) is 0 Å². The molecule has 14 heavy (non-hydrogen) atoms. The summed E-state index contributed by atoms with van der Waals surface area (Å²) in [5.74, 6) is 1.06. The molecule has 2 N–H and O–H groups in total. The summed E-state index contributed by atoms with van der Waals surface area (Å²) in [6.07, 6.45) is 2.72. The third-order valence-corrected chi connectivity index (χ3v) is 2.19. The highest BCUT2D eigenvalue weighted by molar-refractivity contribution is 7.98. The van der Waals surface area contributed by atoms with Gasteiger partial charge in [0.25, 0.3) is 0 Å². The number of hydrogen-bond acceptors (Lipinski definition) is 6. The molecule has 78 valence electrons. The predicted molar refractivity (Wildman–Crippen MR) is 58.3 cm³/mol. The molecule has 6 heteroatoms. The molecule has 1 aromatic heterocycles. The van der Waals surface area contributed by atoms with E-state index in [-0.39, 0.29) is 0 Å². The van der Waals surface area contributed by atoms with Gasteiger partial charge in [-0.3, -0.25) is 0 Å². The van der Waals surface area contributed by atoms with E-state index in [9.17, 15) is 0 Å². The highest BCUT2D eigenvalue weighted by Crippen LogP contribution is 2.09. The van der Waals surface area contributed by atoms with Crippen molar-refractivity contribution in [2.45, 2.75) is 11.6 Å². The Morgan fingerprint density at radius 2 is 2.00 bits per heavy atom. The quantitative estimate of drug-likeness (QED) is 0.725. The maximum absolute atomic E-state index is 5.55. The molecule has 5 nitrogen and oxygen atoms in total. The highest BCUT2D eigenvalue weighted by atomic mass is 32.2.